The highest BCUT2D eigenvalue weighted by Crippen LogP contribution is 2.37. The van der Waals surface area contributed by atoms with Crippen molar-refractivity contribution in [1.82, 2.24) is 4.31 Å². The van der Waals surface area contributed by atoms with E-state index in [0.29, 0.717) is 29.8 Å². The zero-order valence-electron chi connectivity index (χ0n) is 14.2. The van der Waals surface area contributed by atoms with Crippen molar-refractivity contribution < 1.29 is 8.42 Å². The number of piperidine rings is 1. The predicted octanol–water partition coefficient (Wildman–Crippen LogP) is 4.56. The number of nitrogens with zero attached hydrogens (tertiary/aromatic N) is 1. The third kappa shape index (κ3) is 3.53. The molecule has 1 unspecified atom stereocenters. The third-order valence-corrected chi connectivity index (χ3v) is 7.98. The highest BCUT2D eigenvalue weighted by atomic mass is 79.9. The van der Waals surface area contributed by atoms with Crippen molar-refractivity contribution in [2.75, 3.05) is 13.1 Å². The minimum Gasteiger partial charge on any atom is -0.207 e. The second-order valence-electron chi connectivity index (χ2n) is 6.79. The van der Waals surface area contributed by atoms with E-state index in [9.17, 15) is 8.42 Å². The zero-order chi connectivity index (χ0) is 17.3. The first-order chi connectivity index (χ1) is 11.4. The number of sulfonamides is 1. The van der Waals surface area contributed by atoms with Gasteiger partial charge in [0.05, 0.1) is 4.90 Å². The Labute approximate surface area is 153 Å². The van der Waals surface area contributed by atoms with E-state index >= 15 is 0 Å². The molecule has 1 fully saturated rings. The van der Waals surface area contributed by atoms with Gasteiger partial charge in [0.1, 0.15) is 0 Å². The van der Waals surface area contributed by atoms with E-state index < -0.39 is 10.0 Å². The molecule has 0 radical (unpaired) electrons. The Morgan fingerprint density at radius 3 is 2.50 bits per heavy atom. The van der Waals surface area contributed by atoms with Crippen molar-refractivity contribution in [3.05, 3.63) is 52.0 Å². The van der Waals surface area contributed by atoms with E-state index in [1.807, 2.05) is 26.0 Å². The van der Waals surface area contributed by atoms with Crippen LogP contribution >= 0.6 is 15.9 Å². The first kappa shape index (κ1) is 17.9. The molecule has 1 aromatic rings. The molecule has 1 aliphatic heterocycles. The Hall–Kier alpha value is -0.910. The van der Waals surface area contributed by atoms with E-state index in [1.54, 1.807) is 10.4 Å². The summed E-state index contributed by atoms with van der Waals surface area (Å²) >= 11 is 3.68. The van der Waals surface area contributed by atoms with Crippen molar-refractivity contribution in [1.29, 1.82) is 0 Å². The van der Waals surface area contributed by atoms with Gasteiger partial charge < -0.3 is 0 Å². The van der Waals surface area contributed by atoms with E-state index in [-0.39, 0.29) is 0 Å². The van der Waals surface area contributed by atoms with Gasteiger partial charge >= 0.3 is 0 Å². The monoisotopic (exact) mass is 409 g/mol. The topological polar surface area (TPSA) is 37.4 Å². The standard InChI is InChI=1S/C19H24BrNO2S/c1-14-7-8-19(15(2)13-14)24(22,23)21-11-9-16(10-12-21)17-5-3-4-6-18(17)20/h3,5-8,13,16-17H,4,9-12H2,1-2H3. The van der Waals surface area contributed by atoms with Crippen LogP contribution in [-0.2, 0) is 10.0 Å². The summed E-state index contributed by atoms with van der Waals surface area (Å²) in [5.41, 5.74) is 1.92. The summed E-state index contributed by atoms with van der Waals surface area (Å²) in [7, 11) is -3.39. The predicted molar refractivity (Wildman–Crippen MR) is 102 cm³/mol. The number of rotatable bonds is 3. The highest BCUT2D eigenvalue weighted by molar-refractivity contribution is 9.11. The van der Waals surface area contributed by atoms with Gasteiger partial charge in [-0.05, 0) is 55.1 Å². The Morgan fingerprint density at radius 1 is 1.17 bits per heavy atom. The molecular formula is C19H24BrNO2S. The molecule has 24 heavy (non-hydrogen) atoms. The van der Waals surface area contributed by atoms with Crippen LogP contribution in [0.1, 0.15) is 30.4 Å². The van der Waals surface area contributed by atoms with Gasteiger partial charge in [-0.1, -0.05) is 51.9 Å². The van der Waals surface area contributed by atoms with Gasteiger partial charge in [-0.15, -0.1) is 0 Å². The van der Waals surface area contributed by atoms with Crippen molar-refractivity contribution in [3.63, 3.8) is 0 Å². The summed E-state index contributed by atoms with van der Waals surface area (Å²) in [4.78, 5) is 0.449. The second-order valence-corrected chi connectivity index (χ2v) is 9.61. The second kappa shape index (κ2) is 7.14. The van der Waals surface area contributed by atoms with Crippen LogP contribution in [0.15, 0.2) is 45.8 Å². The summed E-state index contributed by atoms with van der Waals surface area (Å²) in [6.45, 7) is 5.06. The van der Waals surface area contributed by atoms with Crippen LogP contribution < -0.4 is 0 Å². The molecular weight excluding hydrogens is 386 g/mol. The summed E-state index contributed by atoms with van der Waals surface area (Å²) in [5.74, 6) is 0.919. The van der Waals surface area contributed by atoms with Crippen LogP contribution in [0.25, 0.3) is 0 Å². The molecule has 1 heterocycles. The zero-order valence-corrected chi connectivity index (χ0v) is 16.6. The van der Waals surface area contributed by atoms with Crippen LogP contribution in [-0.4, -0.2) is 25.8 Å². The molecule has 2 aliphatic rings. The highest BCUT2D eigenvalue weighted by Gasteiger charge is 2.33. The molecule has 3 nitrogen and oxygen atoms in total. The molecule has 5 heteroatoms. The lowest BCUT2D eigenvalue weighted by Gasteiger charge is -2.35. The number of hydrogen-bond acceptors (Lipinski definition) is 2. The van der Waals surface area contributed by atoms with Gasteiger partial charge in [0.15, 0.2) is 0 Å². The molecule has 0 amide bonds. The summed E-state index contributed by atoms with van der Waals surface area (Å²) in [6, 6.07) is 5.56. The molecule has 1 atom stereocenters. The Balaban J connectivity index is 1.73. The van der Waals surface area contributed by atoms with Crippen LogP contribution in [0, 0.1) is 25.7 Å². The fraction of sp³-hybridized carbons (Fsp3) is 0.474. The molecule has 0 saturated carbocycles. The average Bonchev–Trinajstić information content (AvgIpc) is 2.55. The molecule has 0 bridgehead atoms. The SMILES string of the molecule is Cc1ccc(S(=O)(=O)N2CCC(C3C=CCC=C3Br)CC2)c(C)c1. The summed E-state index contributed by atoms with van der Waals surface area (Å²) < 4.78 is 28.8. The van der Waals surface area contributed by atoms with E-state index in [2.05, 4.69) is 34.2 Å². The Bertz CT molecular complexity index is 775. The molecule has 1 aliphatic carbocycles. The fourth-order valence-corrected chi connectivity index (χ4v) is 6.11. The van der Waals surface area contributed by atoms with Crippen molar-refractivity contribution in [3.8, 4) is 0 Å². The van der Waals surface area contributed by atoms with E-state index in [4.69, 9.17) is 0 Å². The normalized spacial score (nSPS) is 23.3. The van der Waals surface area contributed by atoms with Crippen molar-refractivity contribution in [2.24, 2.45) is 11.8 Å². The summed E-state index contributed by atoms with van der Waals surface area (Å²) in [5, 5.41) is 0. The minimum absolute atomic E-state index is 0.407. The number of hydrogen-bond donors (Lipinski definition) is 0. The van der Waals surface area contributed by atoms with Crippen LogP contribution in [0.5, 0.6) is 0 Å². The lowest BCUT2D eigenvalue weighted by molar-refractivity contribution is 0.248. The van der Waals surface area contributed by atoms with Crippen molar-refractivity contribution in [2.45, 2.75) is 38.0 Å². The molecule has 0 spiro atoms. The Kier molecular flexibility index (Phi) is 5.33. The maximum Gasteiger partial charge on any atom is 0.243 e. The largest absolute Gasteiger partial charge is 0.243 e. The minimum atomic E-state index is -3.39. The van der Waals surface area contributed by atoms with Crippen LogP contribution in [0.3, 0.4) is 0 Å². The van der Waals surface area contributed by atoms with Gasteiger partial charge in [-0.25, -0.2) is 8.42 Å². The van der Waals surface area contributed by atoms with Gasteiger partial charge in [0, 0.05) is 19.0 Å². The van der Waals surface area contributed by atoms with E-state index in [0.717, 1.165) is 30.4 Å². The van der Waals surface area contributed by atoms with Gasteiger partial charge in [0.2, 0.25) is 10.0 Å². The first-order valence-corrected chi connectivity index (χ1v) is 10.7. The van der Waals surface area contributed by atoms with Crippen molar-refractivity contribution >= 4 is 26.0 Å². The Morgan fingerprint density at radius 2 is 1.88 bits per heavy atom. The maximum absolute atomic E-state index is 13.0. The number of allylic oxidation sites excluding steroid dienone is 4. The quantitative estimate of drug-likeness (QED) is 0.686. The number of halogens is 1. The van der Waals surface area contributed by atoms with Crippen LogP contribution in [0.2, 0.25) is 0 Å². The fourth-order valence-electron chi connectivity index (χ4n) is 3.72. The average molecular weight is 410 g/mol. The first-order valence-electron chi connectivity index (χ1n) is 8.49. The van der Waals surface area contributed by atoms with Gasteiger partial charge in [-0.3, -0.25) is 0 Å². The smallest absolute Gasteiger partial charge is 0.207 e. The maximum atomic E-state index is 13.0. The molecule has 1 saturated heterocycles. The van der Waals surface area contributed by atoms with Crippen LogP contribution in [0.4, 0.5) is 0 Å². The number of aryl methyl sites for hydroxylation is 2. The molecule has 1 aromatic carbocycles. The third-order valence-electron chi connectivity index (χ3n) is 5.07. The lowest BCUT2D eigenvalue weighted by atomic mass is 9.83. The molecule has 130 valence electrons. The van der Waals surface area contributed by atoms with Gasteiger partial charge in [0.25, 0.3) is 0 Å². The molecule has 0 aromatic heterocycles. The summed E-state index contributed by atoms with van der Waals surface area (Å²) in [6.07, 6.45) is 9.47. The van der Waals surface area contributed by atoms with E-state index in [1.165, 1.54) is 4.48 Å². The molecule has 3 rings (SSSR count). The number of benzene rings is 1. The lowest BCUT2D eigenvalue weighted by Crippen LogP contribution is -2.40. The molecule has 0 N–H and O–H groups in total. The van der Waals surface area contributed by atoms with Gasteiger partial charge in [-0.2, -0.15) is 4.31 Å².